The first kappa shape index (κ1) is 29.6. The van der Waals surface area contributed by atoms with E-state index in [1.165, 1.54) is 24.3 Å². The lowest BCUT2D eigenvalue weighted by Gasteiger charge is -2.20. The van der Waals surface area contributed by atoms with Crippen LogP contribution in [0.15, 0.2) is 29.3 Å². The zero-order valence-electron chi connectivity index (χ0n) is 19.3. The number of carbonyl (C=O) groups is 5. The molecule has 36 heavy (non-hydrogen) atoms. The molecule has 3 atom stereocenters. The smallest absolute Gasteiger partial charge is 0.326 e. The second-order valence-corrected chi connectivity index (χ2v) is 7.76. The summed E-state index contributed by atoms with van der Waals surface area (Å²) in [5, 5.41) is 34.4. The van der Waals surface area contributed by atoms with Gasteiger partial charge in [0.2, 0.25) is 17.7 Å². The molecule has 0 aliphatic carbocycles. The number of phenolic OH excluding ortho intramolecular Hbond substituents is 1. The highest BCUT2D eigenvalue weighted by molar-refractivity contribution is 5.94. The highest BCUT2D eigenvalue weighted by atomic mass is 16.4. The molecule has 0 heterocycles. The zero-order chi connectivity index (χ0) is 27.3. The predicted molar refractivity (Wildman–Crippen MR) is 126 cm³/mol. The molecule has 3 amide bonds. The minimum absolute atomic E-state index is 0.00715. The maximum atomic E-state index is 12.4. The molecule has 0 aliphatic rings. The van der Waals surface area contributed by atoms with Crippen LogP contribution in [0, 0.1) is 0 Å². The van der Waals surface area contributed by atoms with E-state index in [9.17, 15) is 34.2 Å². The second kappa shape index (κ2) is 14.8. The van der Waals surface area contributed by atoms with Gasteiger partial charge in [0.25, 0.3) is 0 Å². The van der Waals surface area contributed by atoms with E-state index in [-0.39, 0.29) is 31.1 Å². The summed E-state index contributed by atoms with van der Waals surface area (Å²) in [6.07, 6.45) is -0.353. The number of aromatic hydroxyl groups is 1. The van der Waals surface area contributed by atoms with Crippen molar-refractivity contribution < 1.29 is 39.3 Å². The van der Waals surface area contributed by atoms with Gasteiger partial charge in [-0.25, -0.2) is 4.79 Å². The quantitative estimate of drug-likeness (QED) is 0.0651. The van der Waals surface area contributed by atoms with Crippen LogP contribution in [0.5, 0.6) is 5.75 Å². The Morgan fingerprint density at radius 2 is 1.58 bits per heavy atom. The number of guanidine groups is 1. The average molecular weight is 510 g/mol. The summed E-state index contributed by atoms with van der Waals surface area (Å²) in [6, 6.07) is 1.78. The molecule has 0 spiro atoms. The van der Waals surface area contributed by atoms with Crippen molar-refractivity contribution in [1.29, 1.82) is 0 Å². The Morgan fingerprint density at radius 1 is 0.944 bits per heavy atom. The third kappa shape index (κ3) is 11.6. The monoisotopic (exact) mass is 509 g/mol. The van der Waals surface area contributed by atoms with Crippen molar-refractivity contribution in [3.8, 4) is 5.75 Å². The Bertz CT molecular complexity index is 964. The number of carboxylic acids is 2. The number of nitrogens with zero attached hydrogens (tertiary/aromatic N) is 1. The Balaban J connectivity index is 2.65. The molecule has 1 aromatic rings. The maximum Gasteiger partial charge on any atom is 0.326 e. The Hall–Kier alpha value is -4.40. The van der Waals surface area contributed by atoms with Crippen molar-refractivity contribution in [2.24, 2.45) is 22.2 Å². The number of phenols is 1. The van der Waals surface area contributed by atoms with Gasteiger partial charge in [-0.05, 0) is 30.5 Å². The number of aliphatic imine (C=N–C) groups is 1. The van der Waals surface area contributed by atoms with Crippen LogP contribution in [-0.4, -0.2) is 82.2 Å². The van der Waals surface area contributed by atoms with Gasteiger partial charge in [-0.15, -0.1) is 0 Å². The van der Waals surface area contributed by atoms with Crippen LogP contribution in [0.25, 0.3) is 0 Å². The van der Waals surface area contributed by atoms with Crippen LogP contribution in [0.4, 0.5) is 0 Å². The first-order valence-electron chi connectivity index (χ1n) is 10.8. The minimum atomic E-state index is -1.53. The van der Waals surface area contributed by atoms with E-state index in [0.29, 0.717) is 12.0 Å². The summed E-state index contributed by atoms with van der Waals surface area (Å²) < 4.78 is 0. The third-order valence-corrected chi connectivity index (χ3v) is 4.75. The summed E-state index contributed by atoms with van der Waals surface area (Å²) >= 11 is 0. The lowest BCUT2D eigenvalue weighted by Crippen LogP contribution is -2.54. The summed E-state index contributed by atoms with van der Waals surface area (Å²) in [6.45, 7) is -0.448. The highest BCUT2D eigenvalue weighted by Gasteiger charge is 2.27. The number of nitrogens with two attached hydrogens (primary N) is 3. The van der Waals surface area contributed by atoms with E-state index in [0.717, 1.165) is 0 Å². The highest BCUT2D eigenvalue weighted by Crippen LogP contribution is 2.11. The van der Waals surface area contributed by atoms with E-state index in [1.54, 1.807) is 0 Å². The van der Waals surface area contributed by atoms with Crippen molar-refractivity contribution in [3.05, 3.63) is 29.8 Å². The van der Waals surface area contributed by atoms with Gasteiger partial charge in [-0.1, -0.05) is 12.1 Å². The Kier molecular flexibility index (Phi) is 12.2. The van der Waals surface area contributed by atoms with E-state index in [1.807, 2.05) is 0 Å². The van der Waals surface area contributed by atoms with Crippen LogP contribution < -0.4 is 33.2 Å². The van der Waals surface area contributed by atoms with E-state index < -0.39 is 60.8 Å². The lowest BCUT2D eigenvalue weighted by atomic mass is 10.1. The lowest BCUT2D eigenvalue weighted by molar-refractivity contribution is -0.142. The molecule has 0 fully saturated rings. The number of nitrogens with one attached hydrogen (secondary N) is 3. The molecule has 15 heteroatoms. The molecule has 198 valence electrons. The topological polar surface area (TPSA) is 273 Å². The van der Waals surface area contributed by atoms with Crippen molar-refractivity contribution in [3.63, 3.8) is 0 Å². The standard InChI is InChI=1S/C21H31N7O8/c22-13(2-1-7-25-21(23)24)18(33)28-14(9-17(31)32)19(34)26-10-16(30)27-15(20(35)36)8-11-3-5-12(29)6-4-11/h3-6,13-15,29H,1-2,7-10,22H2,(H,26,34)(H,27,30)(H,28,33)(H,31,32)(H,35,36)(H4,23,24,25). The maximum absolute atomic E-state index is 12.4. The van der Waals surface area contributed by atoms with Crippen molar-refractivity contribution in [2.75, 3.05) is 13.1 Å². The molecule has 0 aliphatic heterocycles. The second-order valence-electron chi connectivity index (χ2n) is 7.76. The Labute approximate surface area is 206 Å². The largest absolute Gasteiger partial charge is 0.508 e. The zero-order valence-corrected chi connectivity index (χ0v) is 19.3. The Morgan fingerprint density at radius 3 is 2.14 bits per heavy atom. The molecule has 0 saturated carbocycles. The summed E-state index contributed by atoms with van der Waals surface area (Å²) in [4.78, 5) is 63.3. The number of amides is 3. The molecular formula is C21H31N7O8. The molecule has 1 aromatic carbocycles. The van der Waals surface area contributed by atoms with Gasteiger partial charge in [-0.2, -0.15) is 0 Å². The van der Waals surface area contributed by atoms with E-state index in [4.69, 9.17) is 22.3 Å². The molecule has 3 unspecified atom stereocenters. The molecule has 0 aromatic heterocycles. The van der Waals surface area contributed by atoms with E-state index in [2.05, 4.69) is 20.9 Å². The molecular weight excluding hydrogens is 478 g/mol. The van der Waals surface area contributed by atoms with Crippen molar-refractivity contribution in [2.45, 2.75) is 43.8 Å². The number of benzene rings is 1. The fourth-order valence-corrected chi connectivity index (χ4v) is 2.92. The van der Waals surface area contributed by atoms with Crippen molar-refractivity contribution >= 4 is 35.6 Å². The third-order valence-electron chi connectivity index (χ3n) is 4.75. The number of aliphatic carboxylic acids is 2. The molecule has 1 rings (SSSR count). The number of carbonyl (C=O) groups excluding carboxylic acids is 3. The molecule has 15 nitrogen and oxygen atoms in total. The molecule has 0 bridgehead atoms. The fourth-order valence-electron chi connectivity index (χ4n) is 2.92. The molecule has 0 saturated heterocycles. The van der Waals surface area contributed by atoms with Gasteiger partial charge >= 0.3 is 11.9 Å². The van der Waals surface area contributed by atoms with Gasteiger partial charge in [0.05, 0.1) is 19.0 Å². The number of rotatable bonds is 15. The number of carboxylic acid groups (broad SMARTS) is 2. The van der Waals surface area contributed by atoms with Gasteiger partial charge in [0.1, 0.15) is 17.8 Å². The fraction of sp³-hybridized carbons (Fsp3) is 0.429. The molecule has 0 radical (unpaired) electrons. The summed E-state index contributed by atoms with van der Waals surface area (Å²) in [7, 11) is 0. The van der Waals surface area contributed by atoms with Crippen LogP contribution in [0.3, 0.4) is 0 Å². The first-order chi connectivity index (χ1) is 16.9. The number of hydrogen-bond acceptors (Lipinski definition) is 8. The van der Waals surface area contributed by atoms with Gasteiger partial charge in [0, 0.05) is 13.0 Å². The molecule has 12 N–H and O–H groups in total. The van der Waals surface area contributed by atoms with Gasteiger partial charge in [-0.3, -0.25) is 24.2 Å². The van der Waals surface area contributed by atoms with Crippen LogP contribution >= 0.6 is 0 Å². The SMILES string of the molecule is NC(N)=NCCCC(N)C(=O)NC(CC(=O)O)C(=O)NCC(=O)NC(Cc1ccc(O)cc1)C(=O)O. The average Bonchev–Trinajstić information content (AvgIpc) is 2.80. The van der Waals surface area contributed by atoms with Crippen LogP contribution in [0.2, 0.25) is 0 Å². The predicted octanol–water partition coefficient (Wildman–Crippen LogP) is -3.04. The summed E-state index contributed by atoms with van der Waals surface area (Å²) in [5.74, 6) is -5.46. The van der Waals surface area contributed by atoms with Crippen LogP contribution in [0.1, 0.15) is 24.8 Å². The van der Waals surface area contributed by atoms with Gasteiger partial charge < -0.3 is 48.5 Å². The van der Waals surface area contributed by atoms with Crippen LogP contribution in [-0.2, 0) is 30.4 Å². The number of hydrogen-bond donors (Lipinski definition) is 9. The summed E-state index contributed by atoms with van der Waals surface area (Å²) in [5.41, 5.74) is 16.7. The van der Waals surface area contributed by atoms with Gasteiger partial charge in [0.15, 0.2) is 5.96 Å². The van der Waals surface area contributed by atoms with Crippen molar-refractivity contribution in [1.82, 2.24) is 16.0 Å². The van der Waals surface area contributed by atoms with E-state index >= 15 is 0 Å². The minimum Gasteiger partial charge on any atom is -0.508 e. The normalized spacial score (nSPS) is 12.9. The first-order valence-corrected chi connectivity index (χ1v) is 10.8.